The van der Waals surface area contributed by atoms with Crippen LogP contribution in [0.5, 0.6) is 0 Å². The van der Waals surface area contributed by atoms with E-state index in [-0.39, 0.29) is 6.61 Å². The molecule has 1 aromatic rings. The Morgan fingerprint density at radius 1 is 1.36 bits per heavy atom. The van der Waals surface area contributed by atoms with Crippen LogP contribution in [0.2, 0.25) is 0 Å². The van der Waals surface area contributed by atoms with E-state index in [2.05, 4.69) is 35.1 Å². The maximum absolute atomic E-state index is 10.6. The molecular weight excluding hydrogens is 377 g/mol. The van der Waals surface area contributed by atoms with Crippen LogP contribution in [0.1, 0.15) is 38.8 Å². The molecule has 1 aromatic heterocycles. The van der Waals surface area contributed by atoms with Crippen LogP contribution in [0.25, 0.3) is 0 Å². The number of hydrogen-bond donors (Lipinski definition) is 2. The van der Waals surface area contributed by atoms with Gasteiger partial charge < -0.3 is 10.2 Å². The SMILES string of the molecule is C/C=C(\C)CN1CCC(Cn2cc(CCCO)nn2)CC1.O=C(O)C(F)(F)F. The molecular formula is C18H29F3N4O3. The number of likely N-dealkylation sites (tertiary alicyclic amines) is 1. The fourth-order valence-corrected chi connectivity index (χ4v) is 2.84. The van der Waals surface area contributed by atoms with E-state index in [0.29, 0.717) is 5.92 Å². The van der Waals surface area contributed by atoms with Crippen molar-refractivity contribution in [3.05, 3.63) is 23.5 Å². The predicted molar refractivity (Wildman–Crippen MR) is 97.7 cm³/mol. The largest absolute Gasteiger partial charge is 0.490 e. The lowest BCUT2D eigenvalue weighted by Gasteiger charge is -2.32. The number of aliphatic hydroxyl groups is 1. The number of carboxylic acid groups (broad SMARTS) is 1. The third-order valence-corrected chi connectivity index (χ3v) is 4.54. The molecule has 0 bridgehead atoms. The van der Waals surface area contributed by atoms with Crippen molar-refractivity contribution in [1.29, 1.82) is 0 Å². The van der Waals surface area contributed by atoms with E-state index < -0.39 is 12.1 Å². The highest BCUT2D eigenvalue weighted by molar-refractivity contribution is 5.73. The number of piperidine rings is 1. The molecule has 160 valence electrons. The van der Waals surface area contributed by atoms with E-state index in [9.17, 15) is 13.2 Å². The average Bonchev–Trinajstić information content (AvgIpc) is 3.08. The molecule has 2 heterocycles. The first kappa shape index (κ1) is 24.1. The van der Waals surface area contributed by atoms with Gasteiger partial charge in [0.05, 0.1) is 5.69 Å². The molecule has 2 N–H and O–H groups in total. The number of nitrogens with zero attached hydrogens (tertiary/aromatic N) is 4. The van der Waals surface area contributed by atoms with Crippen LogP contribution < -0.4 is 0 Å². The molecule has 0 unspecified atom stereocenters. The molecule has 7 nitrogen and oxygen atoms in total. The zero-order chi connectivity index (χ0) is 21.2. The second-order valence-corrected chi connectivity index (χ2v) is 6.92. The normalized spacial score (nSPS) is 16.6. The van der Waals surface area contributed by atoms with Crippen molar-refractivity contribution >= 4 is 5.97 Å². The summed E-state index contributed by atoms with van der Waals surface area (Å²) in [6, 6.07) is 0. The van der Waals surface area contributed by atoms with Crippen molar-refractivity contribution in [3.63, 3.8) is 0 Å². The lowest BCUT2D eigenvalue weighted by atomic mass is 9.96. The van der Waals surface area contributed by atoms with Crippen LogP contribution in [0.4, 0.5) is 13.2 Å². The third kappa shape index (κ3) is 9.32. The van der Waals surface area contributed by atoms with Gasteiger partial charge in [-0.15, -0.1) is 5.10 Å². The van der Waals surface area contributed by atoms with Gasteiger partial charge in [0.2, 0.25) is 0 Å². The number of rotatable bonds is 7. The molecule has 0 aliphatic carbocycles. The Balaban J connectivity index is 0.000000480. The number of allylic oxidation sites excluding steroid dienone is 1. The number of aliphatic hydroxyl groups excluding tert-OH is 1. The molecule has 28 heavy (non-hydrogen) atoms. The van der Waals surface area contributed by atoms with Crippen molar-refractivity contribution in [3.8, 4) is 0 Å². The van der Waals surface area contributed by atoms with Crippen LogP contribution in [-0.4, -0.2) is 68.5 Å². The zero-order valence-corrected chi connectivity index (χ0v) is 16.3. The Hall–Kier alpha value is -1.94. The molecule has 2 rings (SSSR count). The molecule has 1 saturated heterocycles. The molecule has 1 fully saturated rings. The number of aromatic nitrogens is 3. The highest BCUT2D eigenvalue weighted by atomic mass is 19.4. The smallest absolute Gasteiger partial charge is 0.475 e. The maximum atomic E-state index is 10.6. The van der Waals surface area contributed by atoms with Gasteiger partial charge >= 0.3 is 12.1 Å². The lowest BCUT2D eigenvalue weighted by Crippen LogP contribution is -2.36. The van der Waals surface area contributed by atoms with Crippen molar-refractivity contribution in [2.24, 2.45) is 5.92 Å². The van der Waals surface area contributed by atoms with Gasteiger partial charge in [0.1, 0.15) is 0 Å². The second-order valence-electron chi connectivity index (χ2n) is 6.92. The van der Waals surface area contributed by atoms with Crippen LogP contribution in [0, 0.1) is 5.92 Å². The molecule has 1 aliphatic heterocycles. The summed E-state index contributed by atoms with van der Waals surface area (Å²) in [5, 5.41) is 24.3. The molecule has 0 aromatic carbocycles. The summed E-state index contributed by atoms with van der Waals surface area (Å²) < 4.78 is 33.7. The quantitative estimate of drug-likeness (QED) is 0.676. The number of halogens is 3. The number of aryl methyl sites for hydroxylation is 1. The summed E-state index contributed by atoms with van der Waals surface area (Å²) in [6.07, 6.45) is 3.21. The predicted octanol–water partition coefficient (Wildman–Crippen LogP) is 2.51. The molecule has 0 saturated carbocycles. The van der Waals surface area contributed by atoms with Gasteiger partial charge in [-0.1, -0.05) is 16.9 Å². The number of hydrogen-bond acceptors (Lipinski definition) is 5. The highest BCUT2D eigenvalue weighted by Crippen LogP contribution is 2.19. The van der Waals surface area contributed by atoms with E-state index in [1.807, 2.05) is 10.9 Å². The van der Waals surface area contributed by atoms with Crippen molar-refractivity contribution in [2.45, 2.75) is 52.3 Å². The Morgan fingerprint density at radius 2 is 1.96 bits per heavy atom. The van der Waals surface area contributed by atoms with E-state index in [0.717, 1.165) is 31.6 Å². The second kappa shape index (κ2) is 11.8. The first-order valence-corrected chi connectivity index (χ1v) is 9.29. The molecule has 1 aliphatic rings. The summed E-state index contributed by atoms with van der Waals surface area (Å²) in [7, 11) is 0. The van der Waals surface area contributed by atoms with E-state index in [1.165, 1.54) is 31.5 Å². The minimum absolute atomic E-state index is 0.219. The fourth-order valence-electron chi connectivity index (χ4n) is 2.84. The number of carbonyl (C=O) groups is 1. The summed E-state index contributed by atoms with van der Waals surface area (Å²) in [5.41, 5.74) is 2.45. The third-order valence-electron chi connectivity index (χ3n) is 4.54. The van der Waals surface area contributed by atoms with Crippen LogP contribution in [0.3, 0.4) is 0 Å². The minimum atomic E-state index is -5.08. The lowest BCUT2D eigenvalue weighted by molar-refractivity contribution is -0.192. The molecule has 0 atom stereocenters. The van der Waals surface area contributed by atoms with Gasteiger partial charge in [-0.2, -0.15) is 13.2 Å². The Morgan fingerprint density at radius 3 is 2.46 bits per heavy atom. The topological polar surface area (TPSA) is 91.5 Å². The summed E-state index contributed by atoms with van der Waals surface area (Å²) in [5.74, 6) is -2.05. The summed E-state index contributed by atoms with van der Waals surface area (Å²) in [6.45, 7) is 8.98. The van der Waals surface area contributed by atoms with E-state index in [1.54, 1.807) is 0 Å². The van der Waals surface area contributed by atoms with Gasteiger partial charge in [-0.3, -0.25) is 9.58 Å². The average molecular weight is 406 g/mol. The van der Waals surface area contributed by atoms with Gasteiger partial charge in [-0.25, -0.2) is 4.79 Å². The summed E-state index contributed by atoms with van der Waals surface area (Å²) >= 11 is 0. The molecule has 10 heteroatoms. The summed E-state index contributed by atoms with van der Waals surface area (Å²) in [4.78, 5) is 11.4. The van der Waals surface area contributed by atoms with E-state index >= 15 is 0 Å². The molecule has 0 spiro atoms. The monoisotopic (exact) mass is 406 g/mol. The molecule has 0 radical (unpaired) electrons. The Bertz CT molecular complexity index is 624. The Labute approximate surface area is 162 Å². The van der Waals surface area contributed by atoms with Crippen molar-refractivity contribution in [1.82, 2.24) is 19.9 Å². The first-order chi connectivity index (χ1) is 13.2. The fraction of sp³-hybridized carbons (Fsp3) is 0.722. The number of alkyl halides is 3. The van der Waals surface area contributed by atoms with Crippen molar-refractivity contribution < 1.29 is 28.2 Å². The van der Waals surface area contributed by atoms with Gasteiger partial charge in [0.25, 0.3) is 0 Å². The zero-order valence-electron chi connectivity index (χ0n) is 16.3. The maximum Gasteiger partial charge on any atom is 0.490 e. The molecule has 0 amide bonds. The van der Waals surface area contributed by atoms with Crippen molar-refractivity contribution in [2.75, 3.05) is 26.2 Å². The van der Waals surface area contributed by atoms with E-state index in [4.69, 9.17) is 15.0 Å². The number of aliphatic carboxylic acids is 1. The van der Waals surface area contributed by atoms with Crippen LogP contribution in [0.15, 0.2) is 17.8 Å². The highest BCUT2D eigenvalue weighted by Gasteiger charge is 2.38. The van der Waals surface area contributed by atoms with Gasteiger partial charge in [0, 0.05) is 25.9 Å². The van der Waals surface area contributed by atoms with Gasteiger partial charge in [0.15, 0.2) is 0 Å². The Kier molecular flexibility index (Phi) is 10.2. The van der Waals surface area contributed by atoms with Gasteiger partial charge in [-0.05, 0) is 58.5 Å². The number of carboxylic acids is 1. The van der Waals surface area contributed by atoms with Crippen LogP contribution >= 0.6 is 0 Å². The first-order valence-electron chi connectivity index (χ1n) is 9.29. The standard InChI is InChI=1S/C16H28N4O.C2HF3O2/c1-3-14(2)11-19-8-6-15(7-9-19)12-20-13-16(17-18-20)5-4-10-21;3-2(4,5)1(6)7/h3,13,15,21H,4-12H2,1-2H3;(H,6,7)/b14-3+;. The minimum Gasteiger partial charge on any atom is -0.475 e. The van der Waals surface area contributed by atoms with Crippen LogP contribution in [-0.2, 0) is 17.8 Å².